The maximum absolute atomic E-state index is 11.8. The number of anilines is 2. The Hall–Kier alpha value is -1.59. The molecular weight excluding hydrogens is 254 g/mol. The summed E-state index contributed by atoms with van der Waals surface area (Å²) in [5.74, 6) is 0.00593. The Morgan fingerprint density at radius 1 is 1.30 bits per heavy atom. The van der Waals surface area contributed by atoms with Crippen LogP contribution in [-0.4, -0.2) is 43.7 Å². The number of nitrogen functional groups attached to an aromatic ring is 1. The molecule has 0 heterocycles. The summed E-state index contributed by atoms with van der Waals surface area (Å²) in [5, 5.41) is 2.85. The van der Waals surface area contributed by atoms with Crippen LogP contribution in [0.5, 0.6) is 0 Å². The Balaban J connectivity index is 2.20. The van der Waals surface area contributed by atoms with Crippen LogP contribution in [-0.2, 0) is 9.53 Å². The fraction of sp³-hybridized carbons (Fsp3) is 0.533. The van der Waals surface area contributed by atoms with Gasteiger partial charge >= 0.3 is 0 Å². The Labute approximate surface area is 121 Å². The zero-order valence-electron chi connectivity index (χ0n) is 12.6. The van der Waals surface area contributed by atoms with E-state index in [1.807, 2.05) is 20.9 Å². The molecule has 20 heavy (non-hydrogen) atoms. The highest BCUT2D eigenvalue weighted by Gasteiger charge is 2.05. The molecule has 0 saturated heterocycles. The minimum Gasteiger partial charge on any atom is -0.399 e. The van der Waals surface area contributed by atoms with E-state index in [-0.39, 0.29) is 12.0 Å². The number of carbonyl (C=O) groups excluding carboxylic acids is 1. The van der Waals surface area contributed by atoms with Crippen LogP contribution in [0.15, 0.2) is 24.3 Å². The first-order chi connectivity index (χ1) is 9.47. The molecule has 0 radical (unpaired) electrons. The maximum Gasteiger partial charge on any atom is 0.225 e. The standard InChI is InChI=1S/C15H25N3O2/c1-12(2)20-11-10-18(3)9-8-15(19)17-14-6-4-13(16)5-7-14/h4-7,12H,8-11,16H2,1-3H3,(H,17,19). The van der Waals surface area contributed by atoms with Gasteiger partial charge < -0.3 is 20.7 Å². The molecule has 5 heteroatoms. The fourth-order valence-electron chi connectivity index (χ4n) is 1.64. The summed E-state index contributed by atoms with van der Waals surface area (Å²) in [4.78, 5) is 13.9. The van der Waals surface area contributed by atoms with E-state index in [9.17, 15) is 4.79 Å². The van der Waals surface area contributed by atoms with Gasteiger partial charge in [-0.05, 0) is 45.2 Å². The average Bonchev–Trinajstić information content (AvgIpc) is 2.39. The van der Waals surface area contributed by atoms with Gasteiger partial charge in [0, 0.05) is 30.9 Å². The molecular formula is C15H25N3O2. The van der Waals surface area contributed by atoms with Gasteiger partial charge in [0.2, 0.25) is 5.91 Å². The molecule has 0 aliphatic rings. The van der Waals surface area contributed by atoms with Crippen LogP contribution < -0.4 is 11.1 Å². The monoisotopic (exact) mass is 279 g/mol. The fourth-order valence-corrected chi connectivity index (χ4v) is 1.64. The normalized spacial score (nSPS) is 11.1. The molecule has 112 valence electrons. The largest absolute Gasteiger partial charge is 0.399 e. The van der Waals surface area contributed by atoms with Crippen LogP contribution in [0.25, 0.3) is 0 Å². The van der Waals surface area contributed by atoms with E-state index in [4.69, 9.17) is 10.5 Å². The van der Waals surface area contributed by atoms with Crippen LogP contribution in [0.3, 0.4) is 0 Å². The zero-order valence-corrected chi connectivity index (χ0v) is 12.6. The highest BCUT2D eigenvalue weighted by molar-refractivity contribution is 5.90. The van der Waals surface area contributed by atoms with Crippen molar-refractivity contribution in [2.24, 2.45) is 0 Å². The number of amides is 1. The second-order valence-corrected chi connectivity index (χ2v) is 5.14. The third-order valence-electron chi connectivity index (χ3n) is 2.84. The SMILES string of the molecule is CC(C)OCCN(C)CCC(=O)Nc1ccc(N)cc1. The maximum atomic E-state index is 11.8. The molecule has 5 nitrogen and oxygen atoms in total. The molecule has 0 fully saturated rings. The molecule has 1 aromatic rings. The highest BCUT2D eigenvalue weighted by atomic mass is 16.5. The molecule has 0 aliphatic heterocycles. The summed E-state index contributed by atoms with van der Waals surface area (Å²) in [6, 6.07) is 7.14. The van der Waals surface area contributed by atoms with Crippen molar-refractivity contribution in [2.75, 3.05) is 37.8 Å². The lowest BCUT2D eigenvalue weighted by atomic mass is 10.2. The number of ether oxygens (including phenoxy) is 1. The van der Waals surface area contributed by atoms with E-state index in [2.05, 4.69) is 10.2 Å². The molecule has 0 unspecified atom stereocenters. The Morgan fingerprint density at radius 3 is 2.55 bits per heavy atom. The lowest BCUT2D eigenvalue weighted by molar-refractivity contribution is -0.116. The predicted molar refractivity (Wildman–Crippen MR) is 82.7 cm³/mol. The number of hydrogen-bond donors (Lipinski definition) is 2. The van der Waals surface area contributed by atoms with Gasteiger partial charge in [0.25, 0.3) is 0 Å². The Kier molecular flexibility index (Phi) is 7.04. The molecule has 0 bridgehead atoms. The molecule has 1 aromatic carbocycles. The van der Waals surface area contributed by atoms with Crippen LogP contribution >= 0.6 is 0 Å². The second-order valence-electron chi connectivity index (χ2n) is 5.14. The van der Waals surface area contributed by atoms with Gasteiger partial charge in [0.05, 0.1) is 12.7 Å². The molecule has 1 amide bonds. The van der Waals surface area contributed by atoms with Gasteiger partial charge in [-0.2, -0.15) is 0 Å². The number of rotatable bonds is 8. The van der Waals surface area contributed by atoms with Crippen molar-refractivity contribution in [3.8, 4) is 0 Å². The lowest BCUT2D eigenvalue weighted by Gasteiger charge is -2.17. The van der Waals surface area contributed by atoms with E-state index in [1.54, 1.807) is 24.3 Å². The summed E-state index contributed by atoms with van der Waals surface area (Å²) in [5.41, 5.74) is 7.05. The smallest absolute Gasteiger partial charge is 0.225 e. The molecule has 0 aliphatic carbocycles. The Bertz CT molecular complexity index is 404. The van der Waals surface area contributed by atoms with Crippen LogP contribution in [0.4, 0.5) is 11.4 Å². The van der Waals surface area contributed by atoms with Gasteiger partial charge in [0.1, 0.15) is 0 Å². The van der Waals surface area contributed by atoms with Crippen LogP contribution in [0.1, 0.15) is 20.3 Å². The highest BCUT2D eigenvalue weighted by Crippen LogP contribution is 2.10. The van der Waals surface area contributed by atoms with Gasteiger partial charge in [-0.15, -0.1) is 0 Å². The minimum absolute atomic E-state index is 0.00593. The average molecular weight is 279 g/mol. The molecule has 1 rings (SSSR count). The first-order valence-electron chi connectivity index (χ1n) is 6.93. The summed E-state index contributed by atoms with van der Waals surface area (Å²) < 4.78 is 5.47. The summed E-state index contributed by atoms with van der Waals surface area (Å²) in [6.07, 6.45) is 0.708. The van der Waals surface area contributed by atoms with Crippen molar-refractivity contribution in [3.05, 3.63) is 24.3 Å². The van der Waals surface area contributed by atoms with Crippen molar-refractivity contribution in [1.82, 2.24) is 4.90 Å². The predicted octanol–water partition coefficient (Wildman–Crippen LogP) is 1.95. The number of nitrogens with zero attached hydrogens (tertiary/aromatic N) is 1. The zero-order chi connectivity index (χ0) is 15.0. The summed E-state index contributed by atoms with van der Waals surface area (Å²) in [6.45, 7) is 6.25. The van der Waals surface area contributed by atoms with Crippen molar-refractivity contribution in [1.29, 1.82) is 0 Å². The number of hydrogen-bond acceptors (Lipinski definition) is 4. The number of carbonyl (C=O) groups is 1. The van der Waals surface area contributed by atoms with Crippen molar-refractivity contribution >= 4 is 17.3 Å². The van der Waals surface area contributed by atoms with Crippen LogP contribution in [0.2, 0.25) is 0 Å². The lowest BCUT2D eigenvalue weighted by Crippen LogP contribution is -2.28. The number of benzene rings is 1. The Morgan fingerprint density at radius 2 is 1.95 bits per heavy atom. The molecule has 0 aromatic heterocycles. The number of likely N-dealkylation sites (N-methyl/N-ethyl adjacent to an activating group) is 1. The van der Waals surface area contributed by atoms with Crippen molar-refractivity contribution in [2.45, 2.75) is 26.4 Å². The first kappa shape index (κ1) is 16.5. The number of nitrogens with one attached hydrogen (secondary N) is 1. The van der Waals surface area contributed by atoms with Gasteiger partial charge in [-0.1, -0.05) is 0 Å². The minimum atomic E-state index is 0.00593. The molecule has 0 atom stereocenters. The third kappa shape index (κ3) is 7.11. The number of nitrogens with two attached hydrogens (primary N) is 1. The van der Waals surface area contributed by atoms with E-state index in [1.165, 1.54) is 0 Å². The van der Waals surface area contributed by atoms with Gasteiger partial charge in [-0.3, -0.25) is 4.79 Å². The van der Waals surface area contributed by atoms with E-state index < -0.39 is 0 Å². The summed E-state index contributed by atoms with van der Waals surface area (Å²) >= 11 is 0. The molecule has 0 spiro atoms. The second kappa shape index (κ2) is 8.55. The van der Waals surface area contributed by atoms with Crippen molar-refractivity contribution in [3.63, 3.8) is 0 Å². The summed E-state index contributed by atoms with van der Waals surface area (Å²) in [7, 11) is 1.99. The van der Waals surface area contributed by atoms with Crippen molar-refractivity contribution < 1.29 is 9.53 Å². The molecule has 0 saturated carbocycles. The van der Waals surface area contributed by atoms with E-state index >= 15 is 0 Å². The van der Waals surface area contributed by atoms with Crippen LogP contribution in [0, 0.1) is 0 Å². The first-order valence-corrected chi connectivity index (χ1v) is 6.93. The van der Waals surface area contributed by atoms with Gasteiger partial charge in [0.15, 0.2) is 0 Å². The third-order valence-corrected chi connectivity index (χ3v) is 2.84. The topological polar surface area (TPSA) is 67.6 Å². The van der Waals surface area contributed by atoms with Gasteiger partial charge in [-0.25, -0.2) is 0 Å². The van der Waals surface area contributed by atoms with E-state index in [0.29, 0.717) is 25.3 Å². The molecule has 3 N–H and O–H groups in total. The van der Waals surface area contributed by atoms with E-state index in [0.717, 1.165) is 12.2 Å². The quantitative estimate of drug-likeness (QED) is 0.714.